The lowest BCUT2D eigenvalue weighted by molar-refractivity contribution is -0.148. The third-order valence-electron chi connectivity index (χ3n) is 2.67. The number of amides is 1. The fourth-order valence-electron chi connectivity index (χ4n) is 1.80. The van der Waals surface area contributed by atoms with Crippen molar-refractivity contribution < 1.29 is 19.4 Å². The molecule has 1 amide bonds. The third-order valence-corrected chi connectivity index (χ3v) is 2.96. The van der Waals surface area contributed by atoms with Crippen LogP contribution in [0.4, 0.5) is 4.79 Å². The van der Waals surface area contributed by atoms with Crippen molar-refractivity contribution >= 4 is 23.7 Å². The number of carbonyl (C=O) groups is 2. The highest BCUT2D eigenvalue weighted by Gasteiger charge is 2.51. The largest absolute Gasteiger partial charge is 0.480 e. The highest BCUT2D eigenvalue weighted by molar-refractivity contribution is 6.21. The summed E-state index contributed by atoms with van der Waals surface area (Å²) in [5.41, 5.74) is -1.93. The number of likely N-dealkylation sites (tertiary alicyclic amines) is 1. The molecular weight excluding hydrogens is 246 g/mol. The fourth-order valence-corrected chi connectivity index (χ4v) is 2.24. The van der Waals surface area contributed by atoms with E-state index in [0.29, 0.717) is 0 Å². The first kappa shape index (κ1) is 14.1. The molecule has 17 heavy (non-hydrogen) atoms. The van der Waals surface area contributed by atoms with Gasteiger partial charge in [0, 0.05) is 6.54 Å². The van der Waals surface area contributed by atoms with E-state index in [9.17, 15) is 14.7 Å². The van der Waals surface area contributed by atoms with Crippen LogP contribution < -0.4 is 0 Å². The number of hydrogen-bond donors (Lipinski definition) is 1. The van der Waals surface area contributed by atoms with Gasteiger partial charge in [-0.1, -0.05) is 0 Å². The van der Waals surface area contributed by atoms with Gasteiger partial charge in [0.1, 0.15) is 11.1 Å². The number of nitrogens with zero attached hydrogens (tertiary/aromatic N) is 1. The molecule has 0 aromatic carbocycles. The van der Waals surface area contributed by atoms with Crippen LogP contribution in [0.5, 0.6) is 0 Å². The monoisotopic (exact) mass is 263 g/mol. The topological polar surface area (TPSA) is 66.8 Å². The molecule has 5 nitrogen and oxygen atoms in total. The summed E-state index contributed by atoms with van der Waals surface area (Å²) in [5.74, 6) is -1.06. The lowest BCUT2D eigenvalue weighted by Crippen LogP contribution is -2.52. The van der Waals surface area contributed by atoms with Crippen LogP contribution >= 0.6 is 11.6 Å². The van der Waals surface area contributed by atoms with E-state index in [4.69, 9.17) is 16.3 Å². The molecule has 1 aliphatic rings. The van der Waals surface area contributed by atoms with Gasteiger partial charge in [0.25, 0.3) is 0 Å². The van der Waals surface area contributed by atoms with E-state index in [-0.39, 0.29) is 18.3 Å². The zero-order valence-corrected chi connectivity index (χ0v) is 11.2. The van der Waals surface area contributed by atoms with Crippen molar-refractivity contribution in [1.82, 2.24) is 4.90 Å². The second-order valence-corrected chi connectivity index (χ2v) is 6.09. The van der Waals surface area contributed by atoms with Gasteiger partial charge in [-0.25, -0.2) is 9.59 Å². The summed E-state index contributed by atoms with van der Waals surface area (Å²) in [6.07, 6.45) is -0.408. The van der Waals surface area contributed by atoms with Crippen molar-refractivity contribution in [3.8, 4) is 0 Å². The van der Waals surface area contributed by atoms with Gasteiger partial charge in [0.2, 0.25) is 0 Å². The number of alkyl halides is 1. The van der Waals surface area contributed by atoms with Crippen LogP contribution in [-0.2, 0) is 9.53 Å². The maximum atomic E-state index is 11.9. The molecule has 0 aromatic heterocycles. The molecule has 1 aliphatic heterocycles. The second-order valence-electron chi connectivity index (χ2n) is 5.47. The number of hydrogen-bond acceptors (Lipinski definition) is 3. The normalized spacial score (nSPS) is 29.2. The predicted molar refractivity (Wildman–Crippen MR) is 63.2 cm³/mol. The molecule has 0 radical (unpaired) electrons. The molecule has 1 unspecified atom stereocenters. The smallest absolute Gasteiger partial charge is 0.411 e. The number of rotatable bonds is 1. The van der Waals surface area contributed by atoms with Gasteiger partial charge in [-0.05, 0) is 34.1 Å². The van der Waals surface area contributed by atoms with Gasteiger partial charge >= 0.3 is 12.1 Å². The molecule has 0 spiro atoms. The first-order valence-corrected chi connectivity index (χ1v) is 5.88. The maximum Gasteiger partial charge on any atom is 0.411 e. The van der Waals surface area contributed by atoms with Crippen LogP contribution in [0.25, 0.3) is 0 Å². The molecule has 1 saturated heterocycles. The van der Waals surface area contributed by atoms with E-state index in [2.05, 4.69) is 0 Å². The van der Waals surface area contributed by atoms with E-state index < -0.39 is 23.2 Å². The third kappa shape index (κ3) is 3.03. The van der Waals surface area contributed by atoms with Crippen molar-refractivity contribution in [2.75, 3.05) is 6.54 Å². The van der Waals surface area contributed by atoms with Gasteiger partial charge in [-0.2, -0.15) is 0 Å². The van der Waals surface area contributed by atoms with Gasteiger partial charge < -0.3 is 9.84 Å². The number of halogens is 1. The zero-order valence-electron chi connectivity index (χ0n) is 10.5. The molecule has 1 heterocycles. The second kappa shape index (κ2) is 4.37. The highest BCUT2D eigenvalue weighted by Crippen LogP contribution is 2.33. The molecule has 1 fully saturated rings. The summed E-state index contributed by atoms with van der Waals surface area (Å²) in [6.45, 7) is 6.88. The summed E-state index contributed by atoms with van der Waals surface area (Å²) in [5, 5.41) is 8.84. The van der Waals surface area contributed by atoms with Crippen LogP contribution in [0, 0.1) is 0 Å². The molecule has 0 bridgehead atoms. The Bertz CT molecular complexity index is 339. The lowest BCUT2D eigenvalue weighted by Gasteiger charge is -2.32. The average Bonchev–Trinajstić information content (AvgIpc) is 2.40. The summed E-state index contributed by atoms with van der Waals surface area (Å²) >= 11 is 5.94. The van der Waals surface area contributed by atoms with Crippen molar-refractivity contribution in [2.24, 2.45) is 0 Å². The Balaban J connectivity index is 2.88. The number of ether oxygens (including phenoxy) is 1. The lowest BCUT2D eigenvalue weighted by atomic mass is 10.00. The van der Waals surface area contributed by atoms with Crippen LogP contribution in [-0.4, -0.2) is 45.1 Å². The molecular formula is C11H18ClNO4. The zero-order chi connectivity index (χ0) is 13.4. The molecule has 98 valence electrons. The Kier molecular flexibility index (Phi) is 3.62. The number of carbonyl (C=O) groups excluding carboxylic acids is 1. The average molecular weight is 264 g/mol. The van der Waals surface area contributed by atoms with Gasteiger partial charge in [-0.15, -0.1) is 11.6 Å². The fraction of sp³-hybridized carbons (Fsp3) is 0.818. The number of carboxylic acid groups (broad SMARTS) is 1. The van der Waals surface area contributed by atoms with Crippen LogP contribution in [0.2, 0.25) is 0 Å². The molecule has 0 aliphatic carbocycles. The first-order valence-electron chi connectivity index (χ1n) is 5.44. The summed E-state index contributed by atoms with van der Waals surface area (Å²) in [4.78, 5) is 24.3. The van der Waals surface area contributed by atoms with E-state index in [0.717, 1.165) is 0 Å². The first-order chi connectivity index (χ1) is 7.56. The van der Waals surface area contributed by atoms with Crippen LogP contribution in [0.3, 0.4) is 0 Å². The van der Waals surface area contributed by atoms with Gasteiger partial charge in [0.05, 0.1) is 5.38 Å². The summed E-state index contributed by atoms with van der Waals surface area (Å²) in [7, 11) is 0. The van der Waals surface area contributed by atoms with Crippen LogP contribution in [0.15, 0.2) is 0 Å². The van der Waals surface area contributed by atoms with E-state index >= 15 is 0 Å². The van der Waals surface area contributed by atoms with Crippen molar-refractivity contribution in [3.63, 3.8) is 0 Å². The van der Waals surface area contributed by atoms with Crippen LogP contribution in [0.1, 0.15) is 34.1 Å². The molecule has 0 saturated carbocycles. The Morgan fingerprint density at radius 3 is 2.41 bits per heavy atom. The van der Waals surface area contributed by atoms with E-state index in [1.54, 1.807) is 20.8 Å². The summed E-state index contributed by atoms with van der Waals surface area (Å²) in [6, 6.07) is 0. The van der Waals surface area contributed by atoms with Crippen molar-refractivity contribution in [2.45, 2.75) is 50.6 Å². The Hall–Kier alpha value is -0.970. The minimum Gasteiger partial charge on any atom is -0.480 e. The molecule has 0 aromatic rings. The molecule has 1 rings (SSSR count). The summed E-state index contributed by atoms with van der Waals surface area (Å²) < 4.78 is 5.18. The maximum absolute atomic E-state index is 11.9. The van der Waals surface area contributed by atoms with Crippen molar-refractivity contribution in [1.29, 1.82) is 0 Å². The predicted octanol–water partition coefficient (Wildman–Crippen LogP) is 2.08. The van der Waals surface area contributed by atoms with E-state index in [1.807, 2.05) is 0 Å². The minimum atomic E-state index is -1.28. The van der Waals surface area contributed by atoms with Crippen molar-refractivity contribution in [3.05, 3.63) is 0 Å². The van der Waals surface area contributed by atoms with E-state index in [1.165, 1.54) is 11.8 Å². The molecule has 1 N–H and O–H groups in total. The molecule has 2 atom stereocenters. The quantitative estimate of drug-likeness (QED) is 0.736. The SMILES string of the molecule is CC(C)(C)OC(=O)N1C[C@@H](Cl)CC1(C)C(=O)O. The van der Waals surface area contributed by atoms with Gasteiger partial charge in [0.15, 0.2) is 0 Å². The standard InChI is InChI=1S/C11H18ClNO4/c1-10(2,3)17-9(16)13-6-7(12)5-11(13,4)8(14)15/h7H,5-6H2,1-4H3,(H,14,15)/t7-,11?/m0/s1. The Morgan fingerprint density at radius 1 is 1.47 bits per heavy atom. The Labute approximate surface area is 106 Å². The minimum absolute atomic E-state index is 0.194. The number of aliphatic carboxylic acids is 1. The highest BCUT2D eigenvalue weighted by atomic mass is 35.5. The Morgan fingerprint density at radius 2 is 2.00 bits per heavy atom. The number of carboxylic acids is 1. The van der Waals surface area contributed by atoms with Gasteiger partial charge in [-0.3, -0.25) is 4.90 Å². The molecule has 6 heteroatoms.